The van der Waals surface area contributed by atoms with Gasteiger partial charge in [-0.2, -0.15) is 0 Å². The highest BCUT2D eigenvalue weighted by molar-refractivity contribution is 7.09. The van der Waals surface area contributed by atoms with Gasteiger partial charge in [-0.25, -0.2) is 14.6 Å². The lowest BCUT2D eigenvalue weighted by molar-refractivity contribution is -0.139. The van der Waals surface area contributed by atoms with Gasteiger partial charge in [-0.05, 0) is 6.42 Å². The zero-order valence-corrected chi connectivity index (χ0v) is 11.4. The summed E-state index contributed by atoms with van der Waals surface area (Å²) in [6.45, 7) is 5.80. The third kappa shape index (κ3) is 5.09. The average Bonchev–Trinajstić information content (AvgIpc) is 2.89. The highest BCUT2D eigenvalue weighted by Gasteiger charge is 2.18. The van der Waals surface area contributed by atoms with Gasteiger partial charge in [-0.3, -0.25) is 0 Å². The van der Waals surface area contributed by atoms with Crippen molar-refractivity contribution in [3.63, 3.8) is 0 Å². The first kappa shape index (κ1) is 15.2. The van der Waals surface area contributed by atoms with E-state index in [1.54, 1.807) is 6.20 Å². The van der Waals surface area contributed by atoms with Crippen molar-refractivity contribution in [3.8, 4) is 0 Å². The van der Waals surface area contributed by atoms with Crippen LogP contribution >= 0.6 is 11.3 Å². The molecule has 19 heavy (non-hydrogen) atoms. The number of urea groups is 1. The fraction of sp³-hybridized carbons (Fsp3) is 0.417. The van der Waals surface area contributed by atoms with E-state index in [1.807, 2.05) is 12.3 Å². The Morgan fingerprint density at radius 2 is 2.37 bits per heavy atom. The number of hydrogen-bond acceptors (Lipinski definition) is 4. The summed E-state index contributed by atoms with van der Waals surface area (Å²) >= 11 is 1.52. The van der Waals surface area contributed by atoms with Crippen molar-refractivity contribution in [1.29, 1.82) is 0 Å². The SMILES string of the molecule is C=CCC(NC(=O)NCC(C)c1nccs1)C(=O)O. The van der Waals surface area contributed by atoms with Gasteiger partial charge in [0.1, 0.15) is 6.04 Å². The zero-order chi connectivity index (χ0) is 14.3. The number of carbonyl (C=O) groups is 2. The number of nitrogens with one attached hydrogen (secondary N) is 2. The molecule has 6 nitrogen and oxygen atoms in total. The molecule has 0 saturated heterocycles. The Morgan fingerprint density at radius 3 is 2.89 bits per heavy atom. The van der Waals surface area contributed by atoms with Crippen LogP contribution < -0.4 is 10.6 Å². The quantitative estimate of drug-likeness (QED) is 0.662. The minimum Gasteiger partial charge on any atom is -0.480 e. The number of aromatic nitrogens is 1. The number of amides is 2. The second-order valence-electron chi connectivity index (χ2n) is 4.04. The molecule has 0 aliphatic carbocycles. The number of thiazole rings is 1. The van der Waals surface area contributed by atoms with Gasteiger partial charge >= 0.3 is 12.0 Å². The van der Waals surface area contributed by atoms with Crippen LogP contribution in [0.3, 0.4) is 0 Å². The summed E-state index contributed by atoms with van der Waals surface area (Å²) in [4.78, 5) is 26.6. The number of nitrogens with zero attached hydrogens (tertiary/aromatic N) is 1. The molecule has 2 amide bonds. The van der Waals surface area contributed by atoms with Crippen LogP contribution in [-0.4, -0.2) is 34.7 Å². The Morgan fingerprint density at radius 1 is 1.63 bits per heavy atom. The number of carbonyl (C=O) groups excluding carboxylic acids is 1. The lowest BCUT2D eigenvalue weighted by atomic mass is 10.2. The standard InChI is InChI=1S/C12H17N3O3S/c1-3-4-9(11(16)17)15-12(18)14-7-8(2)10-13-5-6-19-10/h3,5-6,8-9H,1,4,7H2,2H3,(H,16,17)(H2,14,15,18). The number of carboxylic acid groups (broad SMARTS) is 1. The summed E-state index contributed by atoms with van der Waals surface area (Å²) in [5.41, 5.74) is 0. The Bertz CT molecular complexity index is 433. The maximum Gasteiger partial charge on any atom is 0.326 e. The normalized spacial score (nSPS) is 13.3. The van der Waals surface area contributed by atoms with Crippen LogP contribution in [-0.2, 0) is 4.79 Å². The largest absolute Gasteiger partial charge is 0.480 e. The molecule has 104 valence electrons. The smallest absolute Gasteiger partial charge is 0.326 e. The Balaban J connectivity index is 2.38. The third-order valence-electron chi connectivity index (χ3n) is 2.45. The van der Waals surface area contributed by atoms with Crippen LogP contribution in [0.1, 0.15) is 24.3 Å². The lowest BCUT2D eigenvalue weighted by Gasteiger charge is -2.15. The molecule has 0 aliphatic rings. The molecule has 0 aliphatic heterocycles. The first-order valence-corrected chi connectivity index (χ1v) is 6.70. The molecule has 0 aromatic carbocycles. The van der Waals surface area contributed by atoms with Crippen LogP contribution in [0.15, 0.2) is 24.2 Å². The van der Waals surface area contributed by atoms with Crippen LogP contribution in [0, 0.1) is 0 Å². The van der Waals surface area contributed by atoms with Crippen molar-refractivity contribution in [2.75, 3.05) is 6.54 Å². The van der Waals surface area contributed by atoms with Gasteiger partial charge in [0.2, 0.25) is 0 Å². The van der Waals surface area contributed by atoms with Gasteiger partial charge in [-0.1, -0.05) is 13.0 Å². The summed E-state index contributed by atoms with van der Waals surface area (Å²) in [5, 5.41) is 16.7. The van der Waals surface area contributed by atoms with Crippen molar-refractivity contribution < 1.29 is 14.7 Å². The van der Waals surface area contributed by atoms with E-state index >= 15 is 0 Å². The first-order chi connectivity index (χ1) is 9.04. The summed E-state index contributed by atoms with van der Waals surface area (Å²) in [6, 6.07) is -1.45. The summed E-state index contributed by atoms with van der Waals surface area (Å²) in [6.07, 6.45) is 3.35. The van der Waals surface area contributed by atoms with E-state index in [0.717, 1.165) is 5.01 Å². The highest BCUT2D eigenvalue weighted by Crippen LogP contribution is 2.16. The molecular formula is C12H17N3O3S. The molecule has 1 heterocycles. The molecule has 3 N–H and O–H groups in total. The van der Waals surface area contributed by atoms with Gasteiger partial charge in [0.05, 0.1) is 5.01 Å². The Labute approximate surface area is 115 Å². The monoisotopic (exact) mass is 283 g/mol. The number of carboxylic acids is 1. The number of rotatable bonds is 7. The minimum absolute atomic E-state index is 0.0911. The topological polar surface area (TPSA) is 91.3 Å². The van der Waals surface area contributed by atoms with Crippen LogP contribution in [0.2, 0.25) is 0 Å². The fourth-order valence-electron chi connectivity index (χ4n) is 1.41. The van der Waals surface area contributed by atoms with E-state index in [2.05, 4.69) is 22.2 Å². The molecular weight excluding hydrogens is 266 g/mol. The maximum absolute atomic E-state index is 11.6. The second kappa shape index (κ2) is 7.52. The van der Waals surface area contributed by atoms with Gasteiger partial charge in [0.15, 0.2) is 0 Å². The van der Waals surface area contributed by atoms with Crippen molar-refractivity contribution in [2.45, 2.75) is 25.3 Å². The van der Waals surface area contributed by atoms with E-state index in [9.17, 15) is 9.59 Å². The minimum atomic E-state index is -1.08. The molecule has 0 bridgehead atoms. The molecule has 2 atom stereocenters. The summed E-state index contributed by atoms with van der Waals surface area (Å²) < 4.78 is 0. The second-order valence-corrected chi connectivity index (χ2v) is 4.97. The average molecular weight is 283 g/mol. The highest BCUT2D eigenvalue weighted by atomic mass is 32.1. The lowest BCUT2D eigenvalue weighted by Crippen LogP contribution is -2.46. The molecule has 7 heteroatoms. The summed E-state index contributed by atoms with van der Waals surface area (Å²) in [5.74, 6) is -0.989. The third-order valence-corrected chi connectivity index (χ3v) is 3.45. The van der Waals surface area contributed by atoms with Crippen molar-refractivity contribution in [1.82, 2.24) is 15.6 Å². The van der Waals surface area contributed by atoms with E-state index in [4.69, 9.17) is 5.11 Å². The van der Waals surface area contributed by atoms with E-state index in [-0.39, 0.29) is 12.3 Å². The molecule has 0 radical (unpaired) electrons. The van der Waals surface area contributed by atoms with Crippen molar-refractivity contribution >= 4 is 23.3 Å². The molecule has 1 rings (SSSR count). The Kier molecular flexibility index (Phi) is 6.01. The van der Waals surface area contributed by atoms with Gasteiger partial charge in [0, 0.05) is 24.0 Å². The Hall–Kier alpha value is -1.89. The fourth-order valence-corrected chi connectivity index (χ4v) is 2.11. The van der Waals surface area contributed by atoms with E-state index in [1.165, 1.54) is 17.4 Å². The molecule has 1 aromatic heterocycles. The molecule has 1 aromatic rings. The van der Waals surface area contributed by atoms with Crippen LogP contribution in [0.4, 0.5) is 4.79 Å². The predicted octanol–water partition coefficient (Wildman–Crippen LogP) is 1.58. The number of aliphatic carboxylic acids is 1. The van der Waals surface area contributed by atoms with Gasteiger partial charge < -0.3 is 15.7 Å². The molecule has 0 saturated carbocycles. The van der Waals surface area contributed by atoms with Crippen molar-refractivity contribution in [3.05, 3.63) is 29.2 Å². The number of hydrogen-bond donors (Lipinski definition) is 3. The maximum atomic E-state index is 11.6. The van der Waals surface area contributed by atoms with Crippen molar-refractivity contribution in [2.24, 2.45) is 0 Å². The van der Waals surface area contributed by atoms with Crippen LogP contribution in [0.25, 0.3) is 0 Å². The first-order valence-electron chi connectivity index (χ1n) is 5.82. The van der Waals surface area contributed by atoms with Gasteiger partial charge in [-0.15, -0.1) is 17.9 Å². The molecule has 0 spiro atoms. The molecule has 0 fully saturated rings. The van der Waals surface area contributed by atoms with Crippen LogP contribution in [0.5, 0.6) is 0 Å². The zero-order valence-electron chi connectivity index (χ0n) is 10.6. The summed E-state index contributed by atoms with van der Waals surface area (Å²) in [7, 11) is 0. The van der Waals surface area contributed by atoms with Gasteiger partial charge in [0.25, 0.3) is 0 Å². The molecule has 2 unspecified atom stereocenters. The van der Waals surface area contributed by atoms with E-state index in [0.29, 0.717) is 6.54 Å². The van der Waals surface area contributed by atoms with E-state index < -0.39 is 18.0 Å². The predicted molar refractivity (Wildman–Crippen MR) is 73.3 cm³/mol.